The van der Waals surface area contributed by atoms with Gasteiger partial charge in [-0.25, -0.2) is 0 Å². The van der Waals surface area contributed by atoms with Crippen LogP contribution in [0.4, 0.5) is 0 Å². The van der Waals surface area contributed by atoms with Gasteiger partial charge in [0.1, 0.15) is 24.2 Å². The number of unbranched alkanes of at least 4 members (excludes halogenated alkanes) is 9. The van der Waals surface area contributed by atoms with E-state index in [0.29, 0.717) is 51.7 Å². The molecule has 0 aliphatic carbocycles. The van der Waals surface area contributed by atoms with Gasteiger partial charge in [-0.2, -0.15) is 0 Å². The standard InChI is InChI=1S/C47H90N12O9/c1-31(2)18-12-10-8-6-5-7-9-11-13-21-40(63)56-36(29-39(49)62)44(66)55-33(19-16-27-54-47(50)51)22-23-38(61)41(59-45(67)37(30-60)58-43(65)34-20-17-26-52-34)46(68)57-35(28-32(3)4)42(64)53-25-15-14-24-48/h31-38,41,52,60-61H,5-30,48H2,1-4H3,(H2,49,62)(H,53,64)(H,55,66)(H,56,63)(H,57,68)(H,58,65)(H,59,67)(H4,50,51,54)/t33-,34-,35+,36-,37+,38+,41+/m1/s1. The number of nitrogens with zero attached hydrogens (tertiary/aromatic N) is 1. The van der Waals surface area contributed by atoms with Crippen molar-refractivity contribution >= 4 is 47.3 Å². The second-order valence-electron chi connectivity index (χ2n) is 19.1. The number of amides is 7. The number of aliphatic hydroxyl groups excluding tert-OH is 2. The van der Waals surface area contributed by atoms with E-state index < -0.39 is 96.7 Å². The van der Waals surface area contributed by atoms with E-state index in [1.165, 1.54) is 32.1 Å². The van der Waals surface area contributed by atoms with Crippen LogP contribution in [0.3, 0.4) is 0 Å². The number of carbonyl (C=O) groups excluding carboxylic acids is 7. The van der Waals surface area contributed by atoms with Crippen molar-refractivity contribution in [2.24, 2.45) is 39.8 Å². The van der Waals surface area contributed by atoms with E-state index >= 15 is 0 Å². The fourth-order valence-electron chi connectivity index (χ4n) is 7.96. The molecular formula is C47H90N12O9. The van der Waals surface area contributed by atoms with Crippen molar-refractivity contribution in [3.8, 4) is 0 Å². The maximum absolute atomic E-state index is 14.1. The highest BCUT2D eigenvalue weighted by atomic mass is 16.3. The summed E-state index contributed by atoms with van der Waals surface area (Å²) in [6.45, 7) is 8.95. The third-order valence-electron chi connectivity index (χ3n) is 11.8. The van der Waals surface area contributed by atoms with Crippen LogP contribution in [0.2, 0.25) is 0 Å². The quantitative estimate of drug-likeness (QED) is 0.0221. The molecule has 0 bridgehead atoms. The van der Waals surface area contributed by atoms with E-state index in [2.05, 4.69) is 56.1 Å². The van der Waals surface area contributed by atoms with Crippen molar-refractivity contribution in [3.05, 3.63) is 0 Å². The largest absolute Gasteiger partial charge is 0.394 e. The van der Waals surface area contributed by atoms with Crippen LogP contribution in [0, 0.1) is 11.8 Å². The Kier molecular flexibility index (Phi) is 32.9. The highest BCUT2D eigenvalue weighted by Gasteiger charge is 2.36. The van der Waals surface area contributed by atoms with Gasteiger partial charge in [0.15, 0.2) is 5.96 Å². The first-order chi connectivity index (χ1) is 32.4. The Labute approximate surface area is 404 Å². The summed E-state index contributed by atoms with van der Waals surface area (Å²) in [4.78, 5) is 96.8. The zero-order valence-electron chi connectivity index (χ0n) is 41.6. The van der Waals surface area contributed by atoms with Gasteiger partial charge in [0.2, 0.25) is 41.4 Å². The van der Waals surface area contributed by atoms with Crippen molar-refractivity contribution in [1.82, 2.24) is 37.2 Å². The first-order valence-electron chi connectivity index (χ1n) is 25.2. The Bertz CT molecular complexity index is 1530. The number of nitrogens with two attached hydrogens (primary N) is 4. The summed E-state index contributed by atoms with van der Waals surface area (Å²) in [6.07, 6.45) is 12.2. The van der Waals surface area contributed by atoms with Crippen LogP contribution < -0.4 is 60.2 Å². The Morgan fingerprint density at radius 3 is 1.88 bits per heavy atom. The lowest BCUT2D eigenvalue weighted by molar-refractivity contribution is -0.137. The van der Waals surface area contributed by atoms with Gasteiger partial charge < -0.3 is 70.4 Å². The van der Waals surface area contributed by atoms with Gasteiger partial charge in [0.05, 0.1) is 25.2 Å². The van der Waals surface area contributed by atoms with E-state index in [1.54, 1.807) is 0 Å². The van der Waals surface area contributed by atoms with Crippen molar-refractivity contribution in [2.75, 3.05) is 32.8 Å². The monoisotopic (exact) mass is 967 g/mol. The third kappa shape index (κ3) is 28.7. The minimum atomic E-state index is -1.70. The molecule has 1 saturated heterocycles. The van der Waals surface area contributed by atoms with E-state index in [-0.39, 0.29) is 50.5 Å². The number of nitrogens with one attached hydrogen (secondary N) is 7. The smallest absolute Gasteiger partial charge is 0.245 e. The topological polar surface area (TPSA) is 361 Å². The summed E-state index contributed by atoms with van der Waals surface area (Å²) in [5.74, 6) is -4.21. The number of guanidine groups is 1. The predicted octanol–water partition coefficient (Wildman–Crippen LogP) is 0.0731. The van der Waals surface area contributed by atoms with E-state index in [1.807, 2.05) is 13.8 Å². The Morgan fingerprint density at radius 2 is 1.31 bits per heavy atom. The lowest BCUT2D eigenvalue weighted by Crippen LogP contribution is -2.61. The summed E-state index contributed by atoms with van der Waals surface area (Å²) < 4.78 is 0. The molecule has 17 N–H and O–H groups in total. The summed E-state index contributed by atoms with van der Waals surface area (Å²) in [5, 5.41) is 40.8. The van der Waals surface area contributed by atoms with Gasteiger partial charge >= 0.3 is 0 Å². The van der Waals surface area contributed by atoms with Gasteiger partial charge in [-0.1, -0.05) is 85.5 Å². The van der Waals surface area contributed by atoms with Gasteiger partial charge in [0, 0.05) is 25.6 Å². The molecule has 0 aromatic heterocycles. The Hall–Kier alpha value is -4.60. The summed E-state index contributed by atoms with van der Waals surface area (Å²) >= 11 is 0. The number of hydrogen-bond acceptors (Lipinski definition) is 12. The molecule has 7 amide bonds. The number of rotatable bonds is 39. The van der Waals surface area contributed by atoms with Crippen LogP contribution in [0.5, 0.6) is 0 Å². The van der Waals surface area contributed by atoms with E-state index in [9.17, 15) is 43.8 Å². The van der Waals surface area contributed by atoms with E-state index in [4.69, 9.17) is 22.9 Å². The average molecular weight is 967 g/mol. The highest BCUT2D eigenvalue weighted by Crippen LogP contribution is 2.16. The summed E-state index contributed by atoms with van der Waals surface area (Å²) in [5.41, 5.74) is 22.1. The van der Waals surface area contributed by atoms with Crippen molar-refractivity contribution in [3.63, 3.8) is 0 Å². The van der Waals surface area contributed by atoms with Gasteiger partial charge in [-0.15, -0.1) is 0 Å². The number of primary amides is 1. The van der Waals surface area contributed by atoms with Crippen LogP contribution >= 0.6 is 0 Å². The fourth-order valence-corrected chi connectivity index (χ4v) is 7.96. The molecule has 0 aromatic carbocycles. The van der Waals surface area contributed by atoms with Crippen molar-refractivity contribution in [2.45, 2.75) is 205 Å². The predicted molar refractivity (Wildman–Crippen MR) is 263 cm³/mol. The first kappa shape index (κ1) is 61.4. The normalized spacial score (nSPS) is 16.2. The summed E-state index contributed by atoms with van der Waals surface area (Å²) in [6, 6.07) is -6.82. The molecule has 1 aliphatic rings. The number of aliphatic imine (C=N–C) groups is 1. The lowest BCUT2D eigenvalue weighted by atomic mass is 9.97. The molecule has 68 heavy (non-hydrogen) atoms. The SMILES string of the molecule is CC(C)CCCCCCCCCCCC(=O)N[C@H](CC(N)=O)C(=O)N[C@H](CCCN=C(N)N)CC[C@H](O)[C@H](NC(=O)[C@H](CO)NC(=O)[C@H]1CCCN1)C(=O)N[C@@H](CC(C)C)C(=O)NCCCCN. The molecule has 1 aliphatic heterocycles. The molecule has 0 saturated carbocycles. The zero-order valence-corrected chi connectivity index (χ0v) is 41.6. The fraction of sp³-hybridized carbons (Fsp3) is 0.830. The minimum absolute atomic E-state index is 0.00806. The zero-order chi connectivity index (χ0) is 50.9. The maximum Gasteiger partial charge on any atom is 0.245 e. The van der Waals surface area contributed by atoms with Crippen LogP contribution in [0.15, 0.2) is 4.99 Å². The molecule has 21 nitrogen and oxygen atoms in total. The average Bonchev–Trinajstić information content (AvgIpc) is 3.83. The van der Waals surface area contributed by atoms with Crippen molar-refractivity contribution in [1.29, 1.82) is 0 Å². The third-order valence-corrected chi connectivity index (χ3v) is 11.8. The second-order valence-corrected chi connectivity index (χ2v) is 19.1. The van der Waals surface area contributed by atoms with Gasteiger partial charge in [-0.05, 0) is 89.1 Å². The molecule has 0 aromatic rings. The molecule has 1 rings (SSSR count). The van der Waals surface area contributed by atoms with Gasteiger partial charge in [0.25, 0.3) is 0 Å². The van der Waals surface area contributed by atoms with E-state index in [0.717, 1.165) is 38.0 Å². The van der Waals surface area contributed by atoms with Crippen LogP contribution in [-0.4, -0.2) is 133 Å². The summed E-state index contributed by atoms with van der Waals surface area (Å²) in [7, 11) is 0. The van der Waals surface area contributed by atoms with Crippen molar-refractivity contribution < 1.29 is 43.8 Å². The molecule has 0 radical (unpaired) electrons. The van der Waals surface area contributed by atoms with Crippen LogP contribution in [0.25, 0.3) is 0 Å². The van der Waals surface area contributed by atoms with Gasteiger partial charge in [-0.3, -0.25) is 38.6 Å². The lowest BCUT2D eigenvalue weighted by Gasteiger charge is -2.29. The number of aliphatic hydroxyl groups is 2. The Balaban J connectivity index is 3.20. The maximum atomic E-state index is 14.1. The second kappa shape index (κ2) is 36.4. The first-order valence-corrected chi connectivity index (χ1v) is 25.2. The molecular weight excluding hydrogens is 877 g/mol. The highest BCUT2D eigenvalue weighted by molar-refractivity contribution is 5.95. The Morgan fingerprint density at radius 1 is 0.662 bits per heavy atom. The molecule has 0 unspecified atom stereocenters. The molecule has 21 heteroatoms. The molecule has 1 heterocycles. The molecule has 7 atom stereocenters. The minimum Gasteiger partial charge on any atom is -0.394 e. The number of hydrogen-bond donors (Lipinski definition) is 13. The molecule has 1 fully saturated rings. The number of carbonyl (C=O) groups is 7. The molecule has 392 valence electrons. The van der Waals surface area contributed by atoms with Crippen LogP contribution in [0.1, 0.15) is 163 Å². The molecule has 0 spiro atoms. The van der Waals surface area contributed by atoms with Crippen LogP contribution in [-0.2, 0) is 33.6 Å².